The van der Waals surface area contributed by atoms with Crippen LogP contribution in [0.5, 0.6) is 5.75 Å². The Morgan fingerprint density at radius 3 is 2.71 bits per heavy atom. The molecule has 9 heteroatoms. The third kappa shape index (κ3) is 4.24. The average Bonchev–Trinajstić information content (AvgIpc) is 3.25. The molecule has 0 saturated carbocycles. The SMILES string of the molecule is CCn1c(SCC(=O)c2cc(C)ccc2OC(F)F)nnc1-c1ccoc1C. The highest BCUT2D eigenvalue weighted by Crippen LogP contribution is 2.29. The van der Waals surface area contributed by atoms with Crippen LogP contribution in [0, 0.1) is 13.8 Å². The second kappa shape index (κ2) is 8.55. The van der Waals surface area contributed by atoms with Crippen molar-refractivity contribution in [3.8, 4) is 17.1 Å². The van der Waals surface area contributed by atoms with Crippen LogP contribution < -0.4 is 4.74 Å². The molecule has 0 amide bonds. The summed E-state index contributed by atoms with van der Waals surface area (Å²) in [7, 11) is 0. The van der Waals surface area contributed by atoms with E-state index in [0.29, 0.717) is 17.5 Å². The molecule has 0 spiro atoms. The van der Waals surface area contributed by atoms with E-state index in [2.05, 4.69) is 14.9 Å². The maximum absolute atomic E-state index is 12.6. The van der Waals surface area contributed by atoms with E-state index in [0.717, 1.165) is 16.9 Å². The van der Waals surface area contributed by atoms with Crippen LogP contribution in [0.2, 0.25) is 0 Å². The highest BCUT2D eigenvalue weighted by Gasteiger charge is 2.20. The van der Waals surface area contributed by atoms with Crippen LogP contribution in [0.15, 0.2) is 40.1 Å². The van der Waals surface area contributed by atoms with Crippen molar-refractivity contribution in [1.82, 2.24) is 14.8 Å². The zero-order chi connectivity index (χ0) is 20.3. The number of carbonyl (C=O) groups excluding carboxylic acids is 1. The first kappa shape index (κ1) is 20.1. The van der Waals surface area contributed by atoms with E-state index in [1.807, 2.05) is 24.5 Å². The summed E-state index contributed by atoms with van der Waals surface area (Å²) in [6.07, 6.45) is 1.58. The smallest absolute Gasteiger partial charge is 0.387 e. The lowest BCUT2D eigenvalue weighted by Gasteiger charge is -2.11. The molecule has 0 radical (unpaired) electrons. The molecule has 0 aliphatic heterocycles. The van der Waals surface area contributed by atoms with Crippen LogP contribution >= 0.6 is 11.8 Å². The summed E-state index contributed by atoms with van der Waals surface area (Å²) < 4.78 is 36.9. The van der Waals surface area contributed by atoms with Crippen LogP contribution in [0.4, 0.5) is 8.78 Å². The summed E-state index contributed by atoms with van der Waals surface area (Å²) in [4.78, 5) is 12.6. The third-order valence-electron chi connectivity index (χ3n) is 4.12. The Balaban J connectivity index is 1.80. The monoisotopic (exact) mass is 407 g/mol. The van der Waals surface area contributed by atoms with Gasteiger partial charge in [-0.15, -0.1) is 10.2 Å². The van der Waals surface area contributed by atoms with Gasteiger partial charge in [-0.25, -0.2) is 0 Å². The molecule has 28 heavy (non-hydrogen) atoms. The fraction of sp³-hybridized carbons (Fsp3) is 0.316. The minimum atomic E-state index is -2.99. The Morgan fingerprint density at radius 2 is 2.07 bits per heavy atom. The number of halogens is 2. The number of hydrogen-bond donors (Lipinski definition) is 0. The number of aromatic nitrogens is 3. The summed E-state index contributed by atoms with van der Waals surface area (Å²) in [5.74, 6) is 0.948. The maximum Gasteiger partial charge on any atom is 0.387 e. The van der Waals surface area contributed by atoms with Crippen LogP contribution in [0.3, 0.4) is 0 Å². The number of thioether (sulfide) groups is 1. The van der Waals surface area contributed by atoms with Crippen molar-refractivity contribution in [2.45, 2.75) is 39.1 Å². The average molecular weight is 407 g/mol. The molecule has 0 aliphatic carbocycles. The van der Waals surface area contributed by atoms with Gasteiger partial charge in [-0.05, 0) is 39.0 Å². The van der Waals surface area contributed by atoms with Crippen molar-refractivity contribution in [2.24, 2.45) is 0 Å². The second-order valence-electron chi connectivity index (χ2n) is 6.03. The van der Waals surface area contributed by atoms with Crippen molar-refractivity contribution in [1.29, 1.82) is 0 Å². The predicted molar refractivity (Wildman–Crippen MR) is 101 cm³/mol. The predicted octanol–water partition coefficient (Wildman–Crippen LogP) is 4.75. The van der Waals surface area contributed by atoms with Crippen molar-refractivity contribution < 1.29 is 22.7 Å². The number of Topliss-reactive ketones (excluding diaryl/α,β-unsaturated/α-hetero) is 1. The van der Waals surface area contributed by atoms with Gasteiger partial charge in [-0.2, -0.15) is 8.78 Å². The first-order valence-corrected chi connectivity index (χ1v) is 9.58. The first-order valence-electron chi connectivity index (χ1n) is 8.59. The van der Waals surface area contributed by atoms with Crippen LogP contribution in [-0.2, 0) is 6.54 Å². The number of alkyl halides is 2. The number of ether oxygens (including phenoxy) is 1. The van der Waals surface area contributed by atoms with E-state index in [1.165, 1.54) is 17.8 Å². The lowest BCUT2D eigenvalue weighted by atomic mass is 10.1. The zero-order valence-corrected chi connectivity index (χ0v) is 16.4. The van der Waals surface area contributed by atoms with E-state index in [4.69, 9.17) is 4.42 Å². The van der Waals surface area contributed by atoms with E-state index in [-0.39, 0.29) is 22.8 Å². The van der Waals surface area contributed by atoms with Gasteiger partial charge in [-0.3, -0.25) is 4.79 Å². The number of nitrogens with zero attached hydrogens (tertiary/aromatic N) is 3. The largest absolute Gasteiger partial charge is 0.469 e. The number of ketones is 1. The zero-order valence-electron chi connectivity index (χ0n) is 15.6. The molecule has 0 atom stereocenters. The lowest BCUT2D eigenvalue weighted by molar-refractivity contribution is -0.0501. The van der Waals surface area contributed by atoms with E-state index >= 15 is 0 Å². The van der Waals surface area contributed by atoms with Gasteiger partial charge in [0.2, 0.25) is 0 Å². The lowest BCUT2D eigenvalue weighted by Crippen LogP contribution is -2.10. The summed E-state index contributed by atoms with van der Waals surface area (Å²) >= 11 is 1.20. The topological polar surface area (TPSA) is 70.2 Å². The van der Waals surface area contributed by atoms with Gasteiger partial charge in [0.1, 0.15) is 11.5 Å². The molecule has 0 N–H and O–H groups in total. The fourth-order valence-electron chi connectivity index (χ4n) is 2.77. The summed E-state index contributed by atoms with van der Waals surface area (Å²) in [6, 6.07) is 6.36. The molecule has 0 saturated heterocycles. The number of hydrogen-bond acceptors (Lipinski definition) is 6. The van der Waals surface area contributed by atoms with Crippen molar-refractivity contribution >= 4 is 17.5 Å². The quantitative estimate of drug-likeness (QED) is 0.396. The van der Waals surface area contributed by atoms with Crippen molar-refractivity contribution in [2.75, 3.05) is 5.75 Å². The molecule has 3 aromatic rings. The highest BCUT2D eigenvalue weighted by molar-refractivity contribution is 7.99. The molecular formula is C19H19F2N3O3S. The van der Waals surface area contributed by atoms with Crippen LogP contribution in [-0.4, -0.2) is 32.9 Å². The van der Waals surface area contributed by atoms with Gasteiger partial charge < -0.3 is 13.7 Å². The van der Waals surface area contributed by atoms with Gasteiger partial charge in [0.25, 0.3) is 0 Å². The Hall–Kier alpha value is -2.68. The second-order valence-corrected chi connectivity index (χ2v) is 6.97. The highest BCUT2D eigenvalue weighted by atomic mass is 32.2. The molecule has 2 aromatic heterocycles. The summed E-state index contributed by atoms with van der Waals surface area (Å²) in [5.41, 5.74) is 1.74. The van der Waals surface area contributed by atoms with Gasteiger partial charge in [0, 0.05) is 6.54 Å². The summed E-state index contributed by atoms with van der Waals surface area (Å²) in [6.45, 7) is 3.17. The Labute approximate surface area is 164 Å². The first-order chi connectivity index (χ1) is 13.4. The molecule has 0 bridgehead atoms. The van der Waals surface area contributed by atoms with Crippen molar-refractivity contribution in [3.63, 3.8) is 0 Å². The maximum atomic E-state index is 12.6. The Morgan fingerprint density at radius 1 is 1.29 bits per heavy atom. The molecule has 6 nitrogen and oxygen atoms in total. The van der Waals surface area contributed by atoms with Crippen molar-refractivity contribution in [3.05, 3.63) is 47.4 Å². The summed E-state index contributed by atoms with van der Waals surface area (Å²) in [5, 5.41) is 8.94. The minimum Gasteiger partial charge on any atom is -0.469 e. The molecule has 148 valence electrons. The van der Waals surface area contributed by atoms with Crippen LogP contribution in [0.25, 0.3) is 11.4 Å². The number of furan rings is 1. The number of aryl methyl sites for hydroxylation is 2. The van der Waals surface area contributed by atoms with Gasteiger partial charge >= 0.3 is 6.61 Å². The van der Waals surface area contributed by atoms with Gasteiger partial charge in [-0.1, -0.05) is 23.4 Å². The molecule has 0 fully saturated rings. The fourth-order valence-corrected chi connectivity index (χ4v) is 3.65. The molecular weight excluding hydrogens is 388 g/mol. The third-order valence-corrected chi connectivity index (χ3v) is 5.08. The number of rotatable bonds is 8. The normalized spacial score (nSPS) is 11.2. The van der Waals surface area contributed by atoms with Gasteiger partial charge in [0.05, 0.1) is 23.1 Å². The van der Waals surface area contributed by atoms with E-state index in [9.17, 15) is 13.6 Å². The number of benzene rings is 1. The molecule has 0 unspecified atom stereocenters. The van der Waals surface area contributed by atoms with E-state index in [1.54, 1.807) is 25.3 Å². The molecule has 1 aromatic carbocycles. The molecule has 0 aliphatic rings. The number of carbonyl (C=O) groups is 1. The van der Waals surface area contributed by atoms with Crippen LogP contribution in [0.1, 0.15) is 28.6 Å². The Kier molecular flexibility index (Phi) is 6.13. The molecule has 3 rings (SSSR count). The standard InChI is InChI=1S/C19H19F2N3O3S/c1-4-24-17(13-7-8-26-12(13)3)22-23-19(24)28-10-15(25)14-9-11(2)5-6-16(14)27-18(20)21/h5-9,18H,4,10H2,1-3H3. The van der Waals surface area contributed by atoms with E-state index < -0.39 is 6.61 Å². The minimum absolute atomic E-state index is 0.0194. The molecule has 2 heterocycles. The Bertz CT molecular complexity index is 985. The van der Waals surface area contributed by atoms with Gasteiger partial charge in [0.15, 0.2) is 16.8 Å².